The lowest BCUT2D eigenvalue weighted by atomic mass is 9.75. The van der Waals surface area contributed by atoms with Crippen LogP contribution in [-0.2, 0) is 9.31 Å². The summed E-state index contributed by atoms with van der Waals surface area (Å²) < 4.78 is 11.8. The van der Waals surface area contributed by atoms with Gasteiger partial charge in [0.15, 0.2) is 0 Å². The molecular weight excluding hydrogens is 187 g/mol. The third kappa shape index (κ3) is 2.64. The SMILES string of the molecule is C=C(CC(C)C)B1OC(C)(C)C(C)(C)O1. The first-order chi connectivity index (χ1) is 6.66. The van der Waals surface area contributed by atoms with Crippen LogP contribution in [0.1, 0.15) is 48.0 Å². The number of rotatable bonds is 3. The van der Waals surface area contributed by atoms with Crippen molar-refractivity contribution in [2.24, 2.45) is 5.92 Å². The lowest BCUT2D eigenvalue weighted by molar-refractivity contribution is 0.00578. The first kappa shape index (κ1) is 12.8. The van der Waals surface area contributed by atoms with Crippen molar-refractivity contribution in [1.82, 2.24) is 0 Å². The minimum atomic E-state index is -0.252. The molecule has 0 bridgehead atoms. The summed E-state index contributed by atoms with van der Waals surface area (Å²) >= 11 is 0. The first-order valence-electron chi connectivity index (χ1n) is 5.69. The molecule has 1 fully saturated rings. The van der Waals surface area contributed by atoms with Crippen molar-refractivity contribution in [3.8, 4) is 0 Å². The van der Waals surface area contributed by atoms with E-state index in [1.54, 1.807) is 0 Å². The fourth-order valence-corrected chi connectivity index (χ4v) is 1.63. The molecule has 1 aliphatic heterocycles. The average molecular weight is 210 g/mol. The van der Waals surface area contributed by atoms with Crippen LogP contribution in [0.2, 0.25) is 0 Å². The molecule has 1 saturated heterocycles. The predicted molar refractivity (Wildman–Crippen MR) is 64.7 cm³/mol. The van der Waals surface area contributed by atoms with Gasteiger partial charge in [-0.25, -0.2) is 0 Å². The molecule has 86 valence electrons. The van der Waals surface area contributed by atoms with Gasteiger partial charge in [-0.2, -0.15) is 0 Å². The third-order valence-corrected chi connectivity index (χ3v) is 3.26. The Morgan fingerprint density at radius 2 is 1.53 bits per heavy atom. The molecule has 1 heterocycles. The van der Waals surface area contributed by atoms with Crippen molar-refractivity contribution in [2.75, 3.05) is 0 Å². The van der Waals surface area contributed by atoms with Crippen LogP contribution in [0, 0.1) is 5.92 Å². The highest BCUT2D eigenvalue weighted by Crippen LogP contribution is 2.39. The van der Waals surface area contributed by atoms with E-state index in [0.717, 1.165) is 11.9 Å². The Hall–Kier alpha value is -0.275. The van der Waals surface area contributed by atoms with E-state index >= 15 is 0 Å². The Labute approximate surface area is 94.2 Å². The summed E-state index contributed by atoms with van der Waals surface area (Å²) in [5.74, 6) is 0.594. The van der Waals surface area contributed by atoms with Crippen LogP contribution < -0.4 is 0 Å². The predicted octanol–water partition coefficient (Wildman–Crippen LogP) is 3.22. The molecule has 0 unspecified atom stereocenters. The van der Waals surface area contributed by atoms with Gasteiger partial charge < -0.3 is 9.31 Å². The van der Waals surface area contributed by atoms with Gasteiger partial charge in [-0.05, 0) is 45.5 Å². The van der Waals surface area contributed by atoms with Crippen LogP contribution in [-0.4, -0.2) is 18.3 Å². The Kier molecular flexibility index (Phi) is 3.37. The quantitative estimate of drug-likeness (QED) is 0.666. The maximum Gasteiger partial charge on any atom is 0.489 e. The van der Waals surface area contributed by atoms with Crippen LogP contribution in [0.25, 0.3) is 0 Å². The molecule has 0 radical (unpaired) electrons. The van der Waals surface area contributed by atoms with E-state index in [9.17, 15) is 0 Å². The van der Waals surface area contributed by atoms with Crippen molar-refractivity contribution in [3.05, 3.63) is 12.1 Å². The van der Waals surface area contributed by atoms with Gasteiger partial charge in [-0.15, -0.1) is 6.58 Å². The molecule has 0 saturated carbocycles. The van der Waals surface area contributed by atoms with E-state index in [1.165, 1.54) is 0 Å². The Balaban J connectivity index is 2.67. The fourth-order valence-electron chi connectivity index (χ4n) is 1.63. The Bertz CT molecular complexity index is 240. The van der Waals surface area contributed by atoms with Crippen molar-refractivity contribution in [1.29, 1.82) is 0 Å². The second kappa shape index (κ2) is 3.95. The van der Waals surface area contributed by atoms with Crippen LogP contribution in [0.3, 0.4) is 0 Å². The lowest BCUT2D eigenvalue weighted by Crippen LogP contribution is -2.41. The molecule has 0 N–H and O–H groups in total. The molecule has 15 heavy (non-hydrogen) atoms. The summed E-state index contributed by atoms with van der Waals surface area (Å²) in [5, 5.41) is 0. The molecule has 0 aromatic carbocycles. The molecule has 0 aromatic rings. The molecule has 0 aliphatic carbocycles. The number of hydrogen-bond acceptors (Lipinski definition) is 2. The van der Waals surface area contributed by atoms with Crippen molar-refractivity contribution in [2.45, 2.75) is 59.2 Å². The summed E-state index contributed by atoms with van der Waals surface area (Å²) in [6.45, 7) is 16.7. The zero-order valence-corrected chi connectivity index (χ0v) is 10.9. The Morgan fingerprint density at radius 1 is 1.13 bits per heavy atom. The van der Waals surface area contributed by atoms with E-state index in [4.69, 9.17) is 9.31 Å². The molecule has 2 nitrogen and oxygen atoms in total. The zero-order chi connectivity index (χ0) is 11.9. The molecule has 3 heteroatoms. The number of allylic oxidation sites excluding steroid dienone is 1. The lowest BCUT2D eigenvalue weighted by Gasteiger charge is -2.32. The van der Waals surface area contributed by atoms with Gasteiger partial charge in [-0.1, -0.05) is 13.8 Å². The average Bonchev–Trinajstić information content (AvgIpc) is 2.20. The standard InChI is InChI=1S/C12H23BO2/c1-9(2)8-10(3)13-14-11(4,5)12(6,7)15-13/h9H,3,8H2,1-2,4-7H3. The van der Waals surface area contributed by atoms with E-state index in [0.29, 0.717) is 5.92 Å². The highest BCUT2D eigenvalue weighted by atomic mass is 16.7. The Morgan fingerprint density at radius 3 is 1.87 bits per heavy atom. The van der Waals surface area contributed by atoms with Gasteiger partial charge in [0.05, 0.1) is 11.2 Å². The topological polar surface area (TPSA) is 18.5 Å². The van der Waals surface area contributed by atoms with Crippen LogP contribution in [0.4, 0.5) is 0 Å². The van der Waals surface area contributed by atoms with Crippen molar-refractivity contribution < 1.29 is 9.31 Å². The van der Waals surface area contributed by atoms with E-state index in [1.807, 2.05) is 0 Å². The second-order valence-corrected chi connectivity index (χ2v) is 5.84. The molecule has 0 atom stereocenters. The fraction of sp³-hybridized carbons (Fsp3) is 0.833. The van der Waals surface area contributed by atoms with Gasteiger partial charge >= 0.3 is 7.12 Å². The highest BCUT2D eigenvalue weighted by molar-refractivity contribution is 6.54. The van der Waals surface area contributed by atoms with E-state index in [-0.39, 0.29) is 18.3 Å². The maximum absolute atomic E-state index is 5.90. The normalized spacial score (nSPS) is 23.5. The van der Waals surface area contributed by atoms with Gasteiger partial charge in [0.25, 0.3) is 0 Å². The van der Waals surface area contributed by atoms with Crippen molar-refractivity contribution in [3.63, 3.8) is 0 Å². The summed E-state index contributed by atoms with van der Waals surface area (Å²) in [6.07, 6.45) is 0.955. The van der Waals surface area contributed by atoms with E-state index in [2.05, 4.69) is 48.1 Å². The zero-order valence-electron chi connectivity index (χ0n) is 10.9. The smallest absolute Gasteiger partial charge is 0.400 e. The molecule has 1 rings (SSSR count). The minimum absolute atomic E-state index is 0.239. The summed E-state index contributed by atoms with van der Waals surface area (Å²) in [7, 11) is -0.239. The third-order valence-electron chi connectivity index (χ3n) is 3.26. The minimum Gasteiger partial charge on any atom is -0.400 e. The van der Waals surface area contributed by atoms with Crippen LogP contribution in [0.5, 0.6) is 0 Å². The molecular formula is C12H23BO2. The van der Waals surface area contributed by atoms with Crippen molar-refractivity contribution >= 4 is 7.12 Å². The van der Waals surface area contributed by atoms with Gasteiger partial charge in [0, 0.05) is 0 Å². The summed E-state index contributed by atoms with van der Waals surface area (Å²) in [4.78, 5) is 0. The molecule has 0 spiro atoms. The van der Waals surface area contributed by atoms with Crippen LogP contribution >= 0.6 is 0 Å². The maximum atomic E-state index is 5.90. The monoisotopic (exact) mass is 210 g/mol. The first-order valence-corrected chi connectivity index (χ1v) is 5.69. The van der Waals surface area contributed by atoms with Crippen LogP contribution in [0.15, 0.2) is 12.1 Å². The second-order valence-electron chi connectivity index (χ2n) is 5.84. The summed E-state index contributed by atoms with van der Waals surface area (Å²) in [6, 6.07) is 0. The molecule has 0 amide bonds. The highest BCUT2D eigenvalue weighted by Gasteiger charge is 2.51. The molecule has 0 aromatic heterocycles. The van der Waals surface area contributed by atoms with Gasteiger partial charge in [-0.3, -0.25) is 0 Å². The largest absolute Gasteiger partial charge is 0.489 e. The van der Waals surface area contributed by atoms with E-state index < -0.39 is 0 Å². The number of hydrogen-bond donors (Lipinski definition) is 0. The van der Waals surface area contributed by atoms with Gasteiger partial charge in [0.1, 0.15) is 0 Å². The molecule has 1 aliphatic rings. The summed E-state index contributed by atoms with van der Waals surface area (Å²) in [5.41, 5.74) is 0.540. The van der Waals surface area contributed by atoms with Gasteiger partial charge in [0.2, 0.25) is 0 Å².